The van der Waals surface area contributed by atoms with Crippen molar-refractivity contribution in [2.75, 3.05) is 6.54 Å². The number of aromatic nitrogens is 1. The van der Waals surface area contributed by atoms with Gasteiger partial charge in [-0.2, -0.15) is 4.39 Å². The van der Waals surface area contributed by atoms with Crippen molar-refractivity contribution in [3.8, 4) is 0 Å². The molecular formula is C13H17FN2O. The molecule has 2 rings (SSSR count). The first-order valence-corrected chi connectivity index (χ1v) is 5.99. The number of hydrogen-bond acceptors (Lipinski definition) is 2. The van der Waals surface area contributed by atoms with Crippen molar-refractivity contribution in [1.29, 1.82) is 0 Å². The average molecular weight is 236 g/mol. The molecule has 0 aromatic carbocycles. The summed E-state index contributed by atoms with van der Waals surface area (Å²) in [6.45, 7) is 2.85. The van der Waals surface area contributed by atoms with Crippen molar-refractivity contribution in [2.45, 2.75) is 32.6 Å². The summed E-state index contributed by atoms with van der Waals surface area (Å²) >= 11 is 0. The highest BCUT2D eigenvalue weighted by atomic mass is 19.1. The molecule has 0 unspecified atom stereocenters. The van der Waals surface area contributed by atoms with Crippen LogP contribution in [0.15, 0.2) is 18.3 Å². The van der Waals surface area contributed by atoms with Crippen LogP contribution < -0.4 is 5.32 Å². The number of rotatable bonds is 3. The van der Waals surface area contributed by atoms with E-state index >= 15 is 0 Å². The summed E-state index contributed by atoms with van der Waals surface area (Å²) in [7, 11) is 0. The molecule has 1 N–H and O–H groups in total. The molecular weight excluding hydrogens is 219 g/mol. The van der Waals surface area contributed by atoms with Crippen LogP contribution in [0.3, 0.4) is 0 Å². The van der Waals surface area contributed by atoms with Gasteiger partial charge >= 0.3 is 0 Å². The SMILES string of the molecule is CC1(CNC(=O)c2ccnc(F)c2)CCCC1. The minimum atomic E-state index is -0.621. The fourth-order valence-electron chi connectivity index (χ4n) is 2.34. The molecule has 0 radical (unpaired) electrons. The largest absolute Gasteiger partial charge is 0.351 e. The van der Waals surface area contributed by atoms with Crippen molar-refractivity contribution in [3.63, 3.8) is 0 Å². The van der Waals surface area contributed by atoms with Gasteiger partial charge in [0.1, 0.15) is 0 Å². The zero-order chi connectivity index (χ0) is 12.3. The lowest BCUT2D eigenvalue weighted by Gasteiger charge is -2.23. The molecule has 0 atom stereocenters. The Bertz CT molecular complexity index is 414. The van der Waals surface area contributed by atoms with Crippen molar-refractivity contribution < 1.29 is 9.18 Å². The molecule has 0 spiro atoms. The number of hydrogen-bond donors (Lipinski definition) is 1. The van der Waals surface area contributed by atoms with E-state index in [-0.39, 0.29) is 11.3 Å². The van der Waals surface area contributed by atoms with Gasteiger partial charge < -0.3 is 5.32 Å². The lowest BCUT2D eigenvalue weighted by atomic mass is 9.89. The molecule has 1 amide bonds. The second-order valence-electron chi connectivity index (χ2n) is 5.07. The second-order valence-corrected chi connectivity index (χ2v) is 5.07. The van der Waals surface area contributed by atoms with Crippen molar-refractivity contribution in [1.82, 2.24) is 10.3 Å². The number of pyridine rings is 1. The van der Waals surface area contributed by atoms with Crippen LogP contribution in [0.5, 0.6) is 0 Å². The summed E-state index contributed by atoms with van der Waals surface area (Å²) in [5, 5.41) is 2.88. The molecule has 1 heterocycles. The van der Waals surface area contributed by atoms with Crippen molar-refractivity contribution in [2.24, 2.45) is 5.41 Å². The number of nitrogens with one attached hydrogen (secondary N) is 1. The maximum Gasteiger partial charge on any atom is 0.251 e. The number of amides is 1. The van der Waals surface area contributed by atoms with Crippen LogP contribution in [0.4, 0.5) is 4.39 Å². The molecule has 4 heteroatoms. The van der Waals surface area contributed by atoms with E-state index in [1.165, 1.54) is 25.1 Å². The predicted molar refractivity (Wildman–Crippen MR) is 63.1 cm³/mol. The van der Waals surface area contributed by atoms with Gasteiger partial charge in [0.2, 0.25) is 5.95 Å². The Balaban J connectivity index is 1.93. The standard InChI is InChI=1S/C13H17FN2O/c1-13(5-2-3-6-13)9-16-12(17)10-4-7-15-11(14)8-10/h4,7-8H,2-3,5-6,9H2,1H3,(H,16,17). The highest BCUT2D eigenvalue weighted by Crippen LogP contribution is 2.36. The van der Waals surface area contributed by atoms with Gasteiger partial charge in [0.25, 0.3) is 5.91 Å². The molecule has 0 saturated heterocycles. The zero-order valence-corrected chi connectivity index (χ0v) is 10.0. The Hall–Kier alpha value is -1.45. The van der Waals surface area contributed by atoms with Gasteiger partial charge in [-0.25, -0.2) is 4.98 Å². The molecule has 1 saturated carbocycles. The van der Waals surface area contributed by atoms with E-state index in [0.717, 1.165) is 18.9 Å². The summed E-state index contributed by atoms with van der Waals surface area (Å²) in [6, 6.07) is 2.68. The third-order valence-electron chi connectivity index (χ3n) is 3.48. The third-order valence-corrected chi connectivity index (χ3v) is 3.48. The highest BCUT2D eigenvalue weighted by molar-refractivity contribution is 5.94. The first kappa shape index (κ1) is 12.0. The Labute approximate surface area is 100 Å². The van der Waals surface area contributed by atoms with Gasteiger partial charge in [-0.05, 0) is 24.3 Å². The predicted octanol–water partition coefficient (Wildman–Crippen LogP) is 2.53. The molecule has 1 fully saturated rings. The molecule has 3 nitrogen and oxygen atoms in total. The van der Waals surface area contributed by atoms with E-state index in [0.29, 0.717) is 12.1 Å². The van der Waals surface area contributed by atoms with Crippen LogP contribution in [0, 0.1) is 11.4 Å². The zero-order valence-electron chi connectivity index (χ0n) is 10.0. The molecule has 1 aliphatic rings. The molecule has 0 bridgehead atoms. The van der Waals surface area contributed by atoms with Gasteiger partial charge in [0.15, 0.2) is 0 Å². The number of halogens is 1. The summed E-state index contributed by atoms with van der Waals surface area (Å²) in [6.07, 6.45) is 6.07. The fourth-order valence-corrected chi connectivity index (χ4v) is 2.34. The molecule has 17 heavy (non-hydrogen) atoms. The van der Waals surface area contributed by atoms with Crippen LogP contribution in [-0.2, 0) is 0 Å². The third kappa shape index (κ3) is 3.02. The molecule has 1 aromatic rings. The normalized spacial score (nSPS) is 18.0. The lowest BCUT2D eigenvalue weighted by molar-refractivity contribution is 0.0933. The van der Waals surface area contributed by atoms with Gasteiger partial charge in [-0.15, -0.1) is 0 Å². The Morgan fingerprint density at radius 2 is 2.24 bits per heavy atom. The van der Waals surface area contributed by atoms with Crippen LogP contribution in [-0.4, -0.2) is 17.4 Å². The lowest BCUT2D eigenvalue weighted by Crippen LogP contribution is -2.34. The summed E-state index contributed by atoms with van der Waals surface area (Å²) in [5.41, 5.74) is 0.542. The number of nitrogens with zero attached hydrogens (tertiary/aromatic N) is 1. The first-order valence-electron chi connectivity index (χ1n) is 5.99. The second kappa shape index (κ2) is 4.82. The van der Waals surface area contributed by atoms with Crippen LogP contribution in [0.1, 0.15) is 43.0 Å². The van der Waals surface area contributed by atoms with E-state index in [1.807, 2.05) is 0 Å². The van der Waals surface area contributed by atoms with Gasteiger partial charge in [-0.1, -0.05) is 19.8 Å². The highest BCUT2D eigenvalue weighted by Gasteiger charge is 2.28. The van der Waals surface area contributed by atoms with Crippen LogP contribution >= 0.6 is 0 Å². The topological polar surface area (TPSA) is 42.0 Å². The number of carbonyl (C=O) groups excluding carboxylic acids is 1. The minimum Gasteiger partial charge on any atom is -0.351 e. The smallest absolute Gasteiger partial charge is 0.251 e. The Morgan fingerprint density at radius 3 is 2.88 bits per heavy atom. The minimum absolute atomic E-state index is 0.210. The van der Waals surface area contributed by atoms with E-state index in [1.54, 1.807) is 0 Å². The monoisotopic (exact) mass is 236 g/mol. The molecule has 1 aromatic heterocycles. The number of carbonyl (C=O) groups is 1. The molecule has 0 aliphatic heterocycles. The van der Waals surface area contributed by atoms with E-state index in [9.17, 15) is 9.18 Å². The molecule has 1 aliphatic carbocycles. The maximum atomic E-state index is 12.9. The van der Waals surface area contributed by atoms with E-state index in [2.05, 4.69) is 17.2 Å². The van der Waals surface area contributed by atoms with Gasteiger partial charge in [0, 0.05) is 24.4 Å². The Kier molecular flexibility index (Phi) is 3.41. The van der Waals surface area contributed by atoms with E-state index < -0.39 is 5.95 Å². The fraction of sp³-hybridized carbons (Fsp3) is 0.538. The maximum absolute atomic E-state index is 12.9. The summed E-state index contributed by atoms with van der Waals surface area (Å²) in [4.78, 5) is 15.2. The average Bonchev–Trinajstić information content (AvgIpc) is 2.74. The Morgan fingerprint density at radius 1 is 1.53 bits per heavy atom. The first-order chi connectivity index (χ1) is 8.09. The molecule has 92 valence electrons. The van der Waals surface area contributed by atoms with Gasteiger partial charge in [0.05, 0.1) is 0 Å². The van der Waals surface area contributed by atoms with Gasteiger partial charge in [-0.3, -0.25) is 4.79 Å². The quantitative estimate of drug-likeness (QED) is 0.819. The summed E-state index contributed by atoms with van der Waals surface area (Å²) in [5.74, 6) is -0.843. The van der Waals surface area contributed by atoms with Crippen LogP contribution in [0.2, 0.25) is 0 Å². The van der Waals surface area contributed by atoms with Crippen LogP contribution in [0.25, 0.3) is 0 Å². The van der Waals surface area contributed by atoms with Crippen molar-refractivity contribution in [3.05, 3.63) is 29.8 Å². The van der Waals surface area contributed by atoms with Crippen molar-refractivity contribution >= 4 is 5.91 Å². The van der Waals surface area contributed by atoms with E-state index in [4.69, 9.17) is 0 Å². The summed E-state index contributed by atoms with van der Waals surface area (Å²) < 4.78 is 12.9.